The van der Waals surface area contributed by atoms with Gasteiger partial charge in [0.05, 0.1) is 32.2 Å². The van der Waals surface area contributed by atoms with Gasteiger partial charge in [0.15, 0.2) is 0 Å². The molecule has 2 heterocycles. The molecule has 7 N–H and O–H groups in total. The van der Waals surface area contributed by atoms with Gasteiger partial charge in [-0.05, 0) is 44.1 Å². The smallest absolute Gasteiger partial charge is 0.407 e. The van der Waals surface area contributed by atoms with Gasteiger partial charge in [-0.1, -0.05) is 58.0 Å². The van der Waals surface area contributed by atoms with Crippen molar-refractivity contribution in [3.05, 3.63) is 35.9 Å². The van der Waals surface area contributed by atoms with Crippen molar-refractivity contribution in [2.45, 2.75) is 91.0 Å². The monoisotopic (exact) mass is 755 g/mol. The third-order valence-electron chi connectivity index (χ3n) is 7.26. The van der Waals surface area contributed by atoms with Gasteiger partial charge in [-0.2, -0.15) is 0 Å². The summed E-state index contributed by atoms with van der Waals surface area (Å²) >= 11 is 0. The van der Waals surface area contributed by atoms with Crippen molar-refractivity contribution in [2.75, 3.05) is 46.9 Å². The average Bonchev–Trinajstić information content (AvgIpc) is 3.11. The van der Waals surface area contributed by atoms with E-state index in [9.17, 15) is 24.0 Å². The quantitative estimate of drug-likeness (QED) is 0.103. The van der Waals surface area contributed by atoms with Crippen LogP contribution in [0.15, 0.2) is 30.3 Å². The third-order valence-corrected chi connectivity index (χ3v) is 7.26. The number of hydrogen-bond acceptors (Lipinski definition) is 11. The minimum Gasteiger partial charge on any atom is -0.469 e. The van der Waals surface area contributed by atoms with Crippen LogP contribution in [-0.2, 0) is 72.7 Å². The second-order valence-corrected chi connectivity index (χ2v) is 10.7. The van der Waals surface area contributed by atoms with Crippen molar-refractivity contribution in [3.63, 3.8) is 0 Å². The fourth-order valence-corrected chi connectivity index (χ4v) is 4.24. The second kappa shape index (κ2) is 30.4. The van der Waals surface area contributed by atoms with Crippen molar-refractivity contribution in [2.24, 2.45) is 11.7 Å². The fraction of sp³-hybridized carbons (Fsp3) is 0.667. The van der Waals surface area contributed by atoms with E-state index in [0.717, 1.165) is 51.0 Å². The zero-order chi connectivity index (χ0) is 35.5. The maximum atomic E-state index is 11.5. The number of piperazine rings is 2. The summed E-state index contributed by atoms with van der Waals surface area (Å²) in [5.74, 6) is -0.346. The van der Waals surface area contributed by atoms with Gasteiger partial charge in [-0.25, -0.2) is 4.79 Å². The molecule has 2 aliphatic rings. The van der Waals surface area contributed by atoms with E-state index in [1.165, 1.54) is 14.2 Å². The summed E-state index contributed by atoms with van der Waals surface area (Å²) < 4.78 is 14.1. The fourth-order valence-electron chi connectivity index (χ4n) is 4.24. The van der Waals surface area contributed by atoms with Crippen LogP contribution in [0, 0.1) is 5.92 Å². The first-order valence-corrected chi connectivity index (χ1v) is 16.5. The molecule has 3 rings (SSSR count). The number of nitrogens with one attached hydrogen (secondary N) is 5. The number of alkyl carbamates (subject to hydrolysis) is 1. The summed E-state index contributed by atoms with van der Waals surface area (Å²) in [6.07, 6.45) is 4.11. The predicted octanol–water partition coefficient (Wildman–Crippen LogP) is 1.76. The maximum absolute atomic E-state index is 11.5. The summed E-state index contributed by atoms with van der Waals surface area (Å²) in [5.41, 5.74) is 6.20. The number of carbonyl (C=O) groups is 5. The number of benzene rings is 1. The van der Waals surface area contributed by atoms with E-state index >= 15 is 0 Å². The number of ether oxygens (including phenoxy) is 3. The van der Waals surface area contributed by atoms with Crippen molar-refractivity contribution < 1.29 is 70.9 Å². The van der Waals surface area contributed by atoms with E-state index < -0.39 is 12.1 Å². The molecule has 0 unspecified atom stereocenters. The van der Waals surface area contributed by atoms with E-state index in [0.29, 0.717) is 25.8 Å². The van der Waals surface area contributed by atoms with Crippen LogP contribution < -0.4 is 32.3 Å². The van der Waals surface area contributed by atoms with E-state index in [1.54, 1.807) is 0 Å². The minimum atomic E-state index is -0.444. The van der Waals surface area contributed by atoms with Gasteiger partial charge < -0.3 is 46.5 Å². The second-order valence-electron chi connectivity index (χ2n) is 10.7. The molecule has 2 saturated heterocycles. The SMILES string of the molecule is CC[C@@H](CCCNC(=O)OCc1ccccc1)C(=O)OC.CC[C@@H](N)C(=O)OC.CC[C@H]1NCCNC1=O.CC[C@H]1NCCNC1=O.[Y]. The van der Waals surface area contributed by atoms with Crippen LogP contribution in [-0.4, -0.2) is 94.9 Å². The molecule has 2 aliphatic heterocycles. The minimum absolute atomic E-state index is 0. The first-order valence-electron chi connectivity index (χ1n) is 16.5. The Morgan fingerprint density at radius 1 is 0.833 bits per heavy atom. The Labute approximate surface area is 311 Å². The predicted molar refractivity (Wildman–Crippen MR) is 180 cm³/mol. The van der Waals surface area contributed by atoms with Gasteiger partial charge in [-0.3, -0.25) is 19.2 Å². The molecule has 0 bridgehead atoms. The van der Waals surface area contributed by atoms with Gasteiger partial charge in [-0.15, -0.1) is 0 Å². The Morgan fingerprint density at radius 2 is 1.35 bits per heavy atom. The summed E-state index contributed by atoms with van der Waals surface area (Å²) in [5, 5.41) is 14.5. The number of esters is 2. The molecular formula is C33H58N6O8Y. The Bertz CT molecular complexity index is 1010. The molecule has 271 valence electrons. The summed E-state index contributed by atoms with van der Waals surface area (Å²) in [7, 11) is 2.72. The summed E-state index contributed by atoms with van der Waals surface area (Å²) in [6, 6.07) is 9.17. The first-order chi connectivity index (χ1) is 22.6. The number of amides is 3. The van der Waals surface area contributed by atoms with Crippen LogP contribution >= 0.6 is 0 Å². The number of nitrogens with two attached hydrogens (primary N) is 1. The number of hydrogen-bond donors (Lipinski definition) is 6. The largest absolute Gasteiger partial charge is 0.469 e. The Balaban J connectivity index is 0. The molecule has 1 aromatic carbocycles. The topological polar surface area (TPSA) is 199 Å². The van der Waals surface area contributed by atoms with Crippen molar-refractivity contribution >= 4 is 29.8 Å². The van der Waals surface area contributed by atoms with E-state index in [2.05, 4.69) is 31.3 Å². The van der Waals surface area contributed by atoms with E-state index in [4.69, 9.17) is 15.2 Å². The van der Waals surface area contributed by atoms with E-state index in [1.807, 2.05) is 58.0 Å². The van der Waals surface area contributed by atoms with Crippen molar-refractivity contribution in [1.82, 2.24) is 26.6 Å². The molecule has 4 atom stereocenters. The first kappa shape index (κ1) is 47.5. The van der Waals surface area contributed by atoms with Gasteiger partial charge in [0.1, 0.15) is 12.6 Å². The number of rotatable bonds is 12. The molecule has 1 aromatic rings. The van der Waals surface area contributed by atoms with E-state index in [-0.39, 0.29) is 81.1 Å². The zero-order valence-electron chi connectivity index (χ0n) is 29.6. The molecule has 15 heteroatoms. The van der Waals surface area contributed by atoms with Gasteiger partial charge in [0.2, 0.25) is 11.8 Å². The van der Waals surface area contributed by atoms with Gasteiger partial charge in [0, 0.05) is 65.4 Å². The molecule has 0 aromatic heterocycles. The average molecular weight is 756 g/mol. The van der Waals surface area contributed by atoms with Crippen molar-refractivity contribution in [1.29, 1.82) is 0 Å². The van der Waals surface area contributed by atoms with Crippen LogP contribution in [0.1, 0.15) is 71.8 Å². The molecule has 14 nitrogen and oxygen atoms in total. The van der Waals surface area contributed by atoms with Crippen LogP contribution in [0.4, 0.5) is 4.79 Å². The molecule has 0 spiro atoms. The summed E-state index contributed by atoms with van der Waals surface area (Å²) in [6.45, 7) is 11.9. The Kier molecular flexibility index (Phi) is 30.1. The van der Waals surface area contributed by atoms with Crippen molar-refractivity contribution in [3.8, 4) is 0 Å². The van der Waals surface area contributed by atoms with Crippen LogP contribution in [0.2, 0.25) is 0 Å². The standard InChI is InChI=1S/C16H23NO4.2C6H12N2O.C5H11NO2.Y/c1-3-14(15(18)20-2)10-7-11-17-16(19)21-12-13-8-5-4-6-9-13;2*1-2-5-6(9)8-4-3-7-5;1-3-4(6)5(7)8-2;/h4-6,8-9,14H,3,7,10-12H2,1-2H3,(H,17,19);2*5,7H,2-4H2,1H3,(H,8,9);4H,3,6H2,1-2H3;/t14-;2*5-;4-;/m0111./s1. The number of methoxy groups -OCH3 is 2. The molecule has 1 radical (unpaired) electrons. The molecule has 2 fully saturated rings. The Morgan fingerprint density at radius 3 is 1.73 bits per heavy atom. The third kappa shape index (κ3) is 22.1. The number of carbonyl (C=O) groups excluding carboxylic acids is 5. The normalized spacial score (nSPS) is 17.6. The van der Waals surface area contributed by atoms with Crippen LogP contribution in [0.5, 0.6) is 0 Å². The van der Waals surface area contributed by atoms with Gasteiger partial charge in [0.25, 0.3) is 0 Å². The molecule has 48 heavy (non-hydrogen) atoms. The van der Waals surface area contributed by atoms with Crippen LogP contribution in [0.25, 0.3) is 0 Å². The molecule has 3 amide bonds. The molecule has 0 aliphatic carbocycles. The van der Waals surface area contributed by atoms with Crippen LogP contribution in [0.3, 0.4) is 0 Å². The zero-order valence-corrected chi connectivity index (χ0v) is 32.4. The molecule has 0 saturated carbocycles. The summed E-state index contributed by atoms with van der Waals surface area (Å²) in [4.78, 5) is 55.0. The molecular weight excluding hydrogens is 697 g/mol. The maximum Gasteiger partial charge on any atom is 0.407 e. The van der Waals surface area contributed by atoms with Gasteiger partial charge >= 0.3 is 18.0 Å². The Hall–Kier alpha value is -2.65.